The van der Waals surface area contributed by atoms with Gasteiger partial charge in [-0.2, -0.15) is 5.10 Å². The van der Waals surface area contributed by atoms with Crippen LogP contribution in [0.5, 0.6) is 5.75 Å². The molecule has 0 aliphatic rings. The fourth-order valence-corrected chi connectivity index (χ4v) is 4.33. The van der Waals surface area contributed by atoms with Gasteiger partial charge in [-0.1, -0.05) is 36.4 Å². The molecule has 2 heterocycles. The number of nitrogens with zero attached hydrogens (tertiary/aromatic N) is 2. The van der Waals surface area contributed by atoms with Crippen molar-refractivity contribution in [1.29, 1.82) is 0 Å². The Hall–Kier alpha value is -3.12. The molecule has 6 heteroatoms. The van der Waals surface area contributed by atoms with Crippen molar-refractivity contribution in [3.63, 3.8) is 0 Å². The number of thiophene rings is 1. The van der Waals surface area contributed by atoms with Crippen molar-refractivity contribution in [2.75, 3.05) is 7.11 Å². The second-order valence-electron chi connectivity index (χ2n) is 6.61. The van der Waals surface area contributed by atoms with Crippen molar-refractivity contribution in [2.24, 2.45) is 0 Å². The minimum Gasteiger partial charge on any atom is -0.496 e. The smallest absolute Gasteiger partial charge is 0.261 e. The molecule has 0 saturated heterocycles. The Kier molecular flexibility index (Phi) is 4.88. The van der Waals surface area contributed by atoms with E-state index in [0.29, 0.717) is 11.4 Å². The number of methoxy groups -OCH3 is 1. The highest BCUT2D eigenvalue weighted by molar-refractivity contribution is 7.20. The molecule has 0 aliphatic carbocycles. The summed E-state index contributed by atoms with van der Waals surface area (Å²) in [5, 5.41) is 8.68. The third-order valence-electron chi connectivity index (χ3n) is 4.74. The molecule has 0 radical (unpaired) electrons. The Morgan fingerprint density at radius 2 is 1.89 bits per heavy atom. The zero-order chi connectivity index (χ0) is 19.7. The fraction of sp³-hybridized carbons (Fsp3) is 0.182. The van der Waals surface area contributed by atoms with Gasteiger partial charge < -0.3 is 10.1 Å². The number of para-hydroxylation sites is 2. The summed E-state index contributed by atoms with van der Waals surface area (Å²) in [6, 6.07) is 17.7. The second-order valence-corrected chi connectivity index (χ2v) is 7.64. The predicted molar refractivity (Wildman–Crippen MR) is 113 cm³/mol. The summed E-state index contributed by atoms with van der Waals surface area (Å²) in [5.74, 6) is 0.674. The SMILES string of the molecule is COc1ccccc1CNC(=O)c1cc2c(C)nn(-c3ccccc3C)c2s1. The van der Waals surface area contributed by atoms with Crippen LogP contribution in [-0.4, -0.2) is 22.8 Å². The van der Waals surface area contributed by atoms with Crippen LogP contribution in [0, 0.1) is 13.8 Å². The lowest BCUT2D eigenvalue weighted by molar-refractivity contribution is 0.0955. The molecule has 4 rings (SSSR count). The van der Waals surface area contributed by atoms with Gasteiger partial charge in [0.1, 0.15) is 10.6 Å². The van der Waals surface area contributed by atoms with E-state index in [1.807, 2.05) is 60.1 Å². The number of aromatic nitrogens is 2. The van der Waals surface area contributed by atoms with Gasteiger partial charge in [0.25, 0.3) is 5.91 Å². The maximum Gasteiger partial charge on any atom is 0.261 e. The maximum atomic E-state index is 12.7. The number of fused-ring (bicyclic) bond motifs is 1. The molecular weight excluding hydrogens is 370 g/mol. The number of amides is 1. The Morgan fingerprint density at radius 1 is 1.14 bits per heavy atom. The molecule has 142 valence electrons. The summed E-state index contributed by atoms with van der Waals surface area (Å²) in [6.07, 6.45) is 0. The quantitative estimate of drug-likeness (QED) is 0.539. The lowest BCUT2D eigenvalue weighted by Crippen LogP contribution is -2.22. The van der Waals surface area contributed by atoms with Gasteiger partial charge in [-0.3, -0.25) is 4.79 Å². The van der Waals surface area contributed by atoms with Crippen LogP contribution >= 0.6 is 11.3 Å². The van der Waals surface area contributed by atoms with Crippen molar-refractivity contribution < 1.29 is 9.53 Å². The normalized spacial score (nSPS) is 11.0. The Balaban J connectivity index is 1.62. The average Bonchev–Trinajstić information content (AvgIpc) is 3.28. The van der Waals surface area contributed by atoms with Gasteiger partial charge in [0, 0.05) is 17.5 Å². The van der Waals surface area contributed by atoms with Crippen LogP contribution in [0.25, 0.3) is 15.9 Å². The zero-order valence-corrected chi connectivity index (χ0v) is 16.8. The Bertz CT molecular complexity index is 1160. The van der Waals surface area contributed by atoms with Gasteiger partial charge >= 0.3 is 0 Å². The highest BCUT2D eigenvalue weighted by Crippen LogP contribution is 2.31. The number of aryl methyl sites for hydroxylation is 2. The first-order valence-corrected chi connectivity index (χ1v) is 9.85. The monoisotopic (exact) mass is 391 g/mol. The predicted octanol–water partition coefficient (Wildman–Crippen LogP) is 4.64. The topological polar surface area (TPSA) is 56.1 Å². The number of nitrogens with one attached hydrogen (secondary N) is 1. The van der Waals surface area contributed by atoms with E-state index in [9.17, 15) is 4.79 Å². The van der Waals surface area contributed by atoms with Crippen LogP contribution in [-0.2, 0) is 6.54 Å². The Morgan fingerprint density at radius 3 is 2.68 bits per heavy atom. The van der Waals surface area contributed by atoms with E-state index in [0.717, 1.165) is 38.5 Å². The summed E-state index contributed by atoms with van der Waals surface area (Å²) >= 11 is 1.46. The van der Waals surface area contributed by atoms with E-state index in [-0.39, 0.29) is 5.91 Å². The summed E-state index contributed by atoms with van der Waals surface area (Å²) < 4.78 is 7.28. The highest BCUT2D eigenvalue weighted by Gasteiger charge is 2.18. The number of rotatable bonds is 5. The number of benzene rings is 2. The van der Waals surface area contributed by atoms with Crippen LogP contribution < -0.4 is 10.1 Å². The summed E-state index contributed by atoms with van der Waals surface area (Å²) in [7, 11) is 1.63. The maximum absolute atomic E-state index is 12.7. The van der Waals surface area contributed by atoms with Crippen LogP contribution in [0.15, 0.2) is 54.6 Å². The first-order valence-electron chi connectivity index (χ1n) is 9.03. The van der Waals surface area contributed by atoms with Gasteiger partial charge in [0.05, 0.1) is 23.4 Å². The number of carbonyl (C=O) groups is 1. The average molecular weight is 391 g/mol. The van der Waals surface area contributed by atoms with E-state index < -0.39 is 0 Å². The summed E-state index contributed by atoms with van der Waals surface area (Å²) in [5.41, 5.74) is 4.03. The lowest BCUT2D eigenvalue weighted by atomic mass is 10.2. The van der Waals surface area contributed by atoms with E-state index in [4.69, 9.17) is 4.74 Å². The van der Waals surface area contributed by atoms with Gasteiger partial charge in [0.15, 0.2) is 0 Å². The van der Waals surface area contributed by atoms with E-state index in [2.05, 4.69) is 23.4 Å². The summed E-state index contributed by atoms with van der Waals surface area (Å²) in [6.45, 7) is 4.45. The molecule has 28 heavy (non-hydrogen) atoms. The van der Waals surface area contributed by atoms with Crippen molar-refractivity contribution in [3.8, 4) is 11.4 Å². The molecule has 0 spiro atoms. The van der Waals surface area contributed by atoms with E-state index in [1.54, 1.807) is 7.11 Å². The molecular formula is C22H21N3O2S. The molecule has 0 fully saturated rings. The largest absolute Gasteiger partial charge is 0.496 e. The van der Waals surface area contributed by atoms with Crippen LogP contribution in [0.2, 0.25) is 0 Å². The first kappa shape index (κ1) is 18.3. The van der Waals surface area contributed by atoms with Gasteiger partial charge in [0.2, 0.25) is 0 Å². The third-order valence-corrected chi connectivity index (χ3v) is 5.85. The minimum absolute atomic E-state index is 0.0946. The number of carbonyl (C=O) groups excluding carboxylic acids is 1. The zero-order valence-electron chi connectivity index (χ0n) is 16.0. The molecule has 5 nitrogen and oxygen atoms in total. The van der Waals surface area contributed by atoms with Crippen molar-refractivity contribution in [3.05, 3.63) is 76.3 Å². The van der Waals surface area contributed by atoms with Gasteiger partial charge in [-0.15, -0.1) is 11.3 Å². The molecule has 0 saturated carbocycles. The van der Waals surface area contributed by atoms with Crippen LogP contribution in [0.3, 0.4) is 0 Å². The lowest BCUT2D eigenvalue weighted by Gasteiger charge is -2.09. The molecule has 0 unspecified atom stereocenters. The van der Waals surface area contributed by atoms with Crippen LogP contribution in [0.4, 0.5) is 0 Å². The van der Waals surface area contributed by atoms with Gasteiger partial charge in [-0.25, -0.2) is 4.68 Å². The standard InChI is InChI=1S/C22H21N3O2S/c1-14-8-4-6-10-18(14)25-22-17(15(2)24-25)12-20(28-22)21(26)23-13-16-9-5-7-11-19(16)27-3/h4-12H,13H2,1-3H3,(H,23,26). The molecule has 0 aliphatic heterocycles. The van der Waals surface area contributed by atoms with E-state index in [1.165, 1.54) is 11.3 Å². The number of ether oxygens (including phenoxy) is 1. The van der Waals surface area contributed by atoms with Crippen molar-refractivity contribution in [1.82, 2.24) is 15.1 Å². The fourth-order valence-electron chi connectivity index (χ4n) is 3.24. The molecule has 2 aromatic carbocycles. The Labute approximate surface area is 167 Å². The number of hydrogen-bond donors (Lipinski definition) is 1. The van der Waals surface area contributed by atoms with Crippen LogP contribution in [0.1, 0.15) is 26.5 Å². The number of hydrogen-bond acceptors (Lipinski definition) is 4. The van der Waals surface area contributed by atoms with Crippen molar-refractivity contribution in [2.45, 2.75) is 20.4 Å². The molecule has 4 aromatic rings. The third kappa shape index (κ3) is 3.27. The van der Waals surface area contributed by atoms with E-state index >= 15 is 0 Å². The molecule has 0 atom stereocenters. The minimum atomic E-state index is -0.0946. The van der Waals surface area contributed by atoms with Gasteiger partial charge in [-0.05, 0) is 37.6 Å². The molecule has 1 amide bonds. The molecule has 0 bridgehead atoms. The molecule has 1 N–H and O–H groups in total. The highest BCUT2D eigenvalue weighted by atomic mass is 32.1. The second kappa shape index (κ2) is 7.48. The van der Waals surface area contributed by atoms with Crippen molar-refractivity contribution >= 4 is 27.5 Å². The summed E-state index contributed by atoms with van der Waals surface area (Å²) in [4.78, 5) is 14.4. The first-order chi connectivity index (χ1) is 13.6. The molecule has 2 aromatic heterocycles.